The summed E-state index contributed by atoms with van der Waals surface area (Å²) in [6, 6.07) is 4.24. The maximum atomic E-state index is 10.8. The van der Waals surface area contributed by atoms with E-state index in [1.165, 1.54) is 11.3 Å². The topological polar surface area (TPSA) is 40.5 Å². The van der Waals surface area contributed by atoms with Crippen LogP contribution in [0.1, 0.15) is 78.4 Å². The molecule has 0 aliphatic heterocycles. The summed E-state index contributed by atoms with van der Waals surface area (Å²) in [5.41, 5.74) is 1.79. The van der Waals surface area contributed by atoms with E-state index in [4.69, 9.17) is 0 Å². The average Bonchev–Trinajstić information content (AvgIpc) is 2.40. The Balaban J connectivity index is 2.43. The van der Waals surface area contributed by atoms with Crippen LogP contribution in [0, 0.1) is 0 Å². The molecule has 3 heteroatoms. The van der Waals surface area contributed by atoms with E-state index in [9.17, 15) is 10.2 Å². The second-order valence-electron chi connectivity index (χ2n) is 8.88. The van der Waals surface area contributed by atoms with E-state index >= 15 is 0 Å². The molecule has 1 fully saturated rings. The van der Waals surface area contributed by atoms with Crippen molar-refractivity contribution in [1.82, 2.24) is 0 Å². The monoisotopic (exact) mass is 336 g/mol. The van der Waals surface area contributed by atoms with Gasteiger partial charge in [-0.25, -0.2) is 0 Å². The highest BCUT2D eigenvalue weighted by atomic mass is 32.2. The predicted molar refractivity (Wildman–Crippen MR) is 99.6 cm³/mol. The smallest absolute Gasteiger partial charge is 0.123 e. The van der Waals surface area contributed by atoms with Gasteiger partial charge < -0.3 is 10.2 Å². The van der Waals surface area contributed by atoms with E-state index in [1.54, 1.807) is 11.8 Å². The normalized spacial score (nSPS) is 23.1. The summed E-state index contributed by atoms with van der Waals surface area (Å²) in [6.07, 6.45) is 4.11. The molecule has 1 saturated carbocycles. The highest BCUT2D eigenvalue weighted by Gasteiger charge is 2.29. The molecular formula is C20H32O2S. The van der Waals surface area contributed by atoms with Crippen LogP contribution in [0.25, 0.3) is 0 Å². The molecule has 1 aliphatic carbocycles. The molecule has 1 unspecified atom stereocenters. The number of aromatic hydroxyl groups is 1. The lowest BCUT2D eigenvalue weighted by molar-refractivity contribution is 0.137. The number of benzene rings is 1. The molecule has 0 aromatic heterocycles. The number of thioether (sulfide) groups is 1. The molecule has 0 bridgehead atoms. The average molecular weight is 337 g/mol. The van der Waals surface area contributed by atoms with Crippen LogP contribution < -0.4 is 0 Å². The predicted octanol–water partition coefficient (Wildman–Crippen LogP) is 5.38. The maximum absolute atomic E-state index is 10.8. The third-order valence-corrected chi connectivity index (χ3v) is 6.02. The summed E-state index contributed by atoms with van der Waals surface area (Å²) in [6.45, 7) is 12.8. The first-order valence-electron chi connectivity index (χ1n) is 8.73. The molecular weight excluding hydrogens is 304 g/mol. The molecule has 0 spiro atoms. The summed E-state index contributed by atoms with van der Waals surface area (Å²) >= 11 is 1.78. The van der Waals surface area contributed by atoms with E-state index in [-0.39, 0.29) is 22.2 Å². The van der Waals surface area contributed by atoms with Gasteiger partial charge in [0.2, 0.25) is 0 Å². The van der Waals surface area contributed by atoms with Gasteiger partial charge in [0.25, 0.3) is 0 Å². The Bertz CT molecular complexity index is 517. The van der Waals surface area contributed by atoms with Gasteiger partial charge >= 0.3 is 0 Å². The number of phenolic OH excluding ortho intramolecular Hbond substituents is 1. The van der Waals surface area contributed by atoms with Gasteiger partial charge in [-0.15, -0.1) is 11.8 Å². The van der Waals surface area contributed by atoms with Crippen molar-refractivity contribution in [3.63, 3.8) is 0 Å². The highest BCUT2D eigenvalue weighted by Crippen LogP contribution is 2.43. The zero-order valence-corrected chi connectivity index (χ0v) is 16.3. The van der Waals surface area contributed by atoms with E-state index in [2.05, 4.69) is 53.7 Å². The number of hydrogen-bond donors (Lipinski definition) is 2. The second-order valence-corrected chi connectivity index (χ2v) is 10.2. The second kappa shape index (κ2) is 6.68. The van der Waals surface area contributed by atoms with Crippen molar-refractivity contribution in [2.45, 2.75) is 94.3 Å². The lowest BCUT2D eigenvalue weighted by atomic mass is 9.79. The first-order chi connectivity index (χ1) is 10.5. The van der Waals surface area contributed by atoms with Crippen molar-refractivity contribution < 1.29 is 10.2 Å². The maximum Gasteiger partial charge on any atom is 0.123 e. The lowest BCUT2D eigenvalue weighted by Crippen LogP contribution is -2.26. The van der Waals surface area contributed by atoms with Gasteiger partial charge in [-0.1, -0.05) is 54.4 Å². The zero-order valence-electron chi connectivity index (χ0n) is 15.4. The molecule has 2 N–H and O–H groups in total. The van der Waals surface area contributed by atoms with Crippen molar-refractivity contribution in [2.75, 3.05) is 0 Å². The first-order valence-corrected chi connectivity index (χ1v) is 9.61. The summed E-state index contributed by atoms with van der Waals surface area (Å²) < 4.78 is 0. The molecule has 2 nitrogen and oxygen atoms in total. The highest BCUT2D eigenvalue weighted by molar-refractivity contribution is 8.00. The van der Waals surface area contributed by atoms with Crippen LogP contribution in [-0.4, -0.2) is 21.6 Å². The van der Waals surface area contributed by atoms with Gasteiger partial charge in [-0.2, -0.15) is 0 Å². The summed E-state index contributed by atoms with van der Waals surface area (Å²) in [5.74, 6) is 0.429. The summed E-state index contributed by atoms with van der Waals surface area (Å²) in [5, 5.41) is 21.3. The van der Waals surface area contributed by atoms with Gasteiger partial charge in [0.05, 0.1) is 6.10 Å². The Kier molecular flexibility index (Phi) is 5.42. The Morgan fingerprint density at radius 1 is 0.913 bits per heavy atom. The minimum Gasteiger partial charge on any atom is -0.507 e. The van der Waals surface area contributed by atoms with E-state index in [0.29, 0.717) is 5.75 Å². The fourth-order valence-electron chi connectivity index (χ4n) is 3.21. The Labute approximate surface area is 145 Å². The van der Waals surface area contributed by atoms with Crippen LogP contribution in [0.5, 0.6) is 5.75 Å². The number of rotatable bonds is 2. The van der Waals surface area contributed by atoms with Crippen LogP contribution in [-0.2, 0) is 10.8 Å². The first kappa shape index (κ1) is 18.7. The quantitative estimate of drug-likeness (QED) is 0.761. The SMILES string of the molecule is CC(C)(C)c1cc(S[C@@H]2CCCCC2O)cc(C(C)(C)C)c1O. The number of hydrogen-bond acceptors (Lipinski definition) is 3. The molecule has 1 aromatic rings. The number of aliphatic hydroxyl groups excluding tert-OH is 1. The molecule has 2 rings (SSSR count). The van der Waals surface area contributed by atoms with Crippen LogP contribution in [0.15, 0.2) is 17.0 Å². The van der Waals surface area contributed by atoms with Crippen molar-refractivity contribution in [2.24, 2.45) is 0 Å². The number of phenols is 1. The van der Waals surface area contributed by atoms with Gasteiger partial charge in [0.15, 0.2) is 0 Å². The minimum absolute atomic E-state index is 0.105. The summed E-state index contributed by atoms with van der Waals surface area (Å²) in [4.78, 5) is 1.17. The van der Waals surface area contributed by atoms with Gasteiger partial charge in [0.1, 0.15) is 5.75 Å². The molecule has 0 heterocycles. The Hall–Kier alpha value is -0.670. The van der Waals surface area contributed by atoms with Gasteiger partial charge in [0, 0.05) is 21.3 Å². The van der Waals surface area contributed by atoms with Crippen LogP contribution >= 0.6 is 11.8 Å². The molecule has 0 saturated heterocycles. The van der Waals surface area contributed by atoms with Crippen molar-refractivity contribution in [1.29, 1.82) is 0 Å². The summed E-state index contributed by atoms with van der Waals surface area (Å²) in [7, 11) is 0. The third kappa shape index (κ3) is 4.45. The molecule has 23 heavy (non-hydrogen) atoms. The van der Waals surface area contributed by atoms with Crippen LogP contribution in [0.3, 0.4) is 0 Å². The Morgan fingerprint density at radius 3 is 1.83 bits per heavy atom. The Morgan fingerprint density at radius 2 is 1.39 bits per heavy atom. The number of aliphatic hydroxyl groups is 1. The van der Waals surface area contributed by atoms with Crippen molar-refractivity contribution in [3.8, 4) is 5.75 Å². The van der Waals surface area contributed by atoms with Gasteiger partial charge in [-0.05, 0) is 35.8 Å². The van der Waals surface area contributed by atoms with Crippen molar-refractivity contribution in [3.05, 3.63) is 23.3 Å². The van der Waals surface area contributed by atoms with E-state index in [0.717, 1.165) is 30.4 Å². The van der Waals surface area contributed by atoms with Crippen LogP contribution in [0.2, 0.25) is 0 Å². The fourth-order valence-corrected chi connectivity index (χ4v) is 4.51. The van der Waals surface area contributed by atoms with Crippen LogP contribution in [0.4, 0.5) is 0 Å². The lowest BCUT2D eigenvalue weighted by Gasteiger charge is -2.30. The largest absolute Gasteiger partial charge is 0.507 e. The molecule has 130 valence electrons. The van der Waals surface area contributed by atoms with Crippen molar-refractivity contribution >= 4 is 11.8 Å². The standard InChI is InChI=1S/C20H32O2S/c1-19(2,3)14-11-13(12-15(18(14)22)20(4,5)6)23-17-10-8-7-9-16(17)21/h11-12,16-17,21-22H,7-10H2,1-6H3/t16?,17-/m1/s1. The fraction of sp³-hybridized carbons (Fsp3) is 0.700. The van der Waals surface area contributed by atoms with E-state index in [1.807, 2.05) is 0 Å². The minimum atomic E-state index is -0.210. The molecule has 1 aliphatic rings. The molecule has 0 amide bonds. The van der Waals surface area contributed by atoms with E-state index < -0.39 is 0 Å². The molecule has 2 atom stereocenters. The molecule has 1 aromatic carbocycles. The third-order valence-electron chi connectivity index (χ3n) is 4.65. The molecule has 0 radical (unpaired) electrons. The van der Waals surface area contributed by atoms with Gasteiger partial charge in [-0.3, -0.25) is 0 Å². The zero-order chi connectivity index (χ0) is 17.4.